The Morgan fingerprint density at radius 2 is 2.00 bits per heavy atom. The Kier molecular flexibility index (Phi) is 2.77. The molecule has 0 saturated carbocycles. The predicted molar refractivity (Wildman–Crippen MR) is 60.9 cm³/mol. The maximum absolute atomic E-state index is 11.6. The summed E-state index contributed by atoms with van der Waals surface area (Å²) in [5.41, 5.74) is 0.914. The van der Waals surface area contributed by atoms with Crippen LogP contribution in [0.25, 0.3) is 0 Å². The lowest BCUT2D eigenvalue weighted by molar-refractivity contribution is 0.264. The molecule has 4 heteroatoms. The zero-order valence-electron chi connectivity index (χ0n) is 8.24. The van der Waals surface area contributed by atoms with Gasteiger partial charge in [-0.25, -0.2) is 0 Å². The van der Waals surface area contributed by atoms with Crippen LogP contribution in [0.1, 0.15) is 11.3 Å². The van der Waals surface area contributed by atoms with E-state index in [1.807, 2.05) is 30.3 Å². The average Bonchev–Trinajstić information content (AvgIpc) is 2.48. The van der Waals surface area contributed by atoms with Gasteiger partial charge >= 0.3 is 0 Å². The quantitative estimate of drug-likeness (QED) is 0.839. The van der Waals surface area contributed by atoms with E-state index in [0.717, 1.165) is 5.56 Å². The molecule has 0 aliphatic heterocycles. The van der Waals surface area contributed by atoms with Crippen LogP contribution in [0.5, 0.6) is 0 Å². The van der Waals surface area contributed by atoms with E-state index < -0.39 is 0 Å². The monoisotopic (exact) mass is 267 g/mol. The van der Waals surface area contributed by atoms with Crippen molar-refractivity contribution in [1.29, 1.82) is 0 Å². The molecule has 0 spiro atoms. The van der Waals surface area contributed by atoms with Gasteiger partial charge in [0, 0.05) is 0 Å². The lowest BCUT2D eigenvalue weighted by Gasteiger charge is -1.99. The summed E-state index contributed by atoms with van der Waals surface area (Å²) in [5, 5.41) is 0. The summed E-state index contributed by atoms with van der Waals surface area (Å²) in [5.74, 6) is 0.607. The summed E-state index contributed by atoms with van der Waals surface area (Å²) in [6.45, 7) is 2.22. The Morgan fingerprint density at radius 1 is 1.33 bits per heavy atom. The second kappa shape index (κ2) is 4.06. The molecule has 0 saturated heterocycles. The van der Waals surface area contributed by atoms with Crippen LogP contribution < -0.4 is 5.56 Å². The van der Waals surface area contributed by atoms with Crippen molar-refractivity contribution in [2.75, 3.05) is 0 Å². The van der Waals surface area contributed by atoms with Crippen molar-refractivity contribution in [2.45, 2.75) is 13.5 Å². The molecule has 0 aliphatic carbocycles. The van der Waals surface area contributed by atoms with Crippen LogP contribution in [0, 0.1) is 6.92 Å². The van der Waals surface area contributed by atoms with Crippen LogP contribution in [-0.2, 0) is 6.54 Å². The SMILES string of the molecule is Cc1on(Cc2ccccc2)c(=O)c1Br. The highest BCUT2D eigenvalue weighted by Gasteiger charge is 2.10. The van der Waals surface area contributed by atoms with Gasteiger partial charge in [-0.15, -0.1) is 0 Å². The third-order valence-electron chi connectivity index (χ3n) is 2.14. The number of benzene rings is 1. The molecule has 0 aliphatic rings. The van der Waals surface area contributed by atoms with Crippen LogP contribution in [0.15, 0.2) is 44.1 Å². The number of halogens is 1. The minimum Gasteiger partial charge on any atom is -0.380 e. The highest BCUT2D eigenvalue weighted by atomic mass is 79.9. The van der Waals surface area contributed by atoms with Crippen molar-refractivity contribution in [3.05, 3.63) is 56.5 Å². The molecule has 3 nitrogen and oxygen atoms in total. The maximum Gasteiger partial charge on any atom is 0.297 e. The van der Waals surface area contributed by atoms with Crippen molar-refractivity contribution in [1.82, 2.24) is 4.74 Å². The molecule has 0 atom stereocenters. The Bertz CT molecular complexity index is 513. The molecule has 0 radical (unpaired) electrons. The number of nitrogens with zero attached hydrogens (tertiary/aromatic N) is 1. The summed E-state index contributed by atoms with van der Waals surface area (Å²) in [7, 11) is 0. The van der Waals surface area contributed by atoms with Crippen LogP contribution in [0.2, 0.25) is 0 Å². The zero-order chi connectivity index (χ0) is 10.8. The molecule has 1 aromatic heterocycles. The second-order valence-corrected chi connectivity index (χ2v) is 4.08. The Balaban J connectivity index is 2.33. The standard InChI is InChI=1S/C11H10BrNO2/c1-8-10(12)11(14)13(15-8)7-9-5-3-2-4-6-9/h2-6H,7H2,1H3. The number of aryl methyl sites for hydroxylation is 1. The van der Waals surface area contributed by atoms with Gasteiger partial charge in [0.05, 0.1) is 6.54 Å². The average molecular weight is 268 g/mol. The lowest BCUT2D eigenvalue weighted by atomic mass is 10.2. The Labute approximate surface area is 95.4 Å². The third kappa shape index (κ3) is 2.04. The van der Waals surface area contributed by atoms with E-state index in [-0.39, 0.29) is 5.56 Å². The molecule has 2 aromatic rings. The van der Waals surface area contributed by atoms with E-state index in [1.165, 1.54) is 4.74 Å². The summed E-state index contributed by atoms with van der Waals surface area (Å²) < 4.78 is 7.15. The Morgan fingerprint density at radius 3 is 2.53 bits per heavy atom. The van der Waals surface area contributed by atoms with Crippen molar-refractivity contribution in [2.24, 2.45) is 0 Å². The smallest absolute Gasteiger partial charge is 0.297 e. The molecule has 2 rings (SSSR count). The van der Waals surface area contributed by atoms with Gasteiger partial charge in [-0.1, -0.05) is 30.3 Å². The van der Waals surface area contributed by atoms with Crippen LogP contribution in [0.4, 0.5) is 0 Å². The fraction of sp³-hybridized carbons (Fsp3) is 0.182. The van der Waals surface area contributed by atoms with Gasteiger partial charge in [-0.3, -0.25) is 4.79 Å². The summed E-state index contributed by atoms with van der Waals surface area (Å²) >= 11 is 3.19. The second-order valence-electron chi connectivity index (χ2n) is 3.29. The molecule has 78 valence electrons. The molecule has 0 bridgehead atoms. The van der Waals surface area contributed by atoms with E-state index in [0.29, 0.717) is 16.8 Å². The van der Waals surface area contributed by atoms with Crippen LogP contribution in [-0.4, -0.2) is 4.74 Å². The van der Waals surface area contributed by atoms with Gasteiger partial charge in [-0.2, -0.15) is 4.74 Å². The van der Waals surface area contributed by atoms with Gasteiger partial charge < -0.3 is 4.52 Å². The van der Waals surface area contributed by atoms with Gasteiger partial charge in [0.15, 0.2) is 0 Å². The molecule has 0 unspecified atom stereocenters. The lowest BCUT2D eigenvalue weighted by Crippen LogP contribution is -2.15. The minimum atomic E-state index is -0.128. The highest BCUT2D eigenvalue weighted by molar-refractivity contribution is 9.10. The first kappa shape index (κ1) is 10.2. The Hall–Kier alpha value is -1.29. The first-order valence-electron chi connectivity index (χ1n) is 4.58. The normalized spacial score (nSPS) is 10.5. The van der Waals surface area contributed by atoms with Crippen molar-refractivity contribution >= 4 is 15.9 Å². The molecular formula is C11H10BrNO2. The molecule has 15 heavy (non-hydrogen) atoms. The van der Waals surface area contributed by atoms with E-state index in [2.05, 4.69) is 15.9 Å². The molecule has 0 fully saturated rings. The molecule has 0 amide bonds. The number of rotatable bonds is 2. The molecular weight excluding hydrogens is 258 g/mol. The number of hydrogen-bond donors (Lipinski definition) is 0. The molecule has 0 N–H and O–H groups in total. The zero-order valence-corrected chi connectivity index (χ0v) is 9.82. The van der Waals surface area contributed by atoms with E-state index in [1.54, 1.807) is 6.92 Å². The minimum absolute atomic E-state index is 0.128. The van der Waals surface area contributed by atoms with Gasteiger partial charge in [-0.05, 0) is 28.4 Å². The third-order valence-corrected chi connectivity index (χ3v) is 3.04. The van der Waals surface area contributed by atoms with Gasteiger partial charge in [0.25, 0.3) is 5.56 Å². The predicted octanol–water partition coefficient (Wildman–Crippen LogP) is 2.56. The maximum atomic E-state index is 11.6. The summed E-state index contributed by atoms with van der Waals surface area (Å²) in [6.07, 6.45) is 0. The van der Waals surface area contributed by atoms with Crippen LogP contribution >= 0.6 is 15.9 Å². The van der Waals surface area contributed by atoms with Crippen LogP contribution in [0.3, 0.4) is 0 Å². The van der Waals surface area contributed by atoms with Gasteiger partial charge in [0.2, 0.25) is 0 Å². The summed E-state index contributed by atoms with van der Waals surface area (Å²) in [4.78, 5) is 11.6. The van der Waals surface area contributed by atoms with Gasteiger partial charge in [0.1, 0.15) is 10.2 Å². The van der Waals surface area contributed by atoms with Crippen molar-refractivity contribution in [3.63, 3.8) is 0 Å². The van der Waals surface area contributed by atoms with E-state index >= 15 is 0 Å². The molecule has 1 aromatic carbocycles. The van der Waals surface area contributed by atoms with Crippen molar-refractivity contribution < 1.29 is 4.52 Å². The van der Waals surface area contributed by atoms with E-state index in [9.17, 15) is 4.79 Å². The largest absolute Gasteiger partial charge is 0.380 e. The summed E-state index contributed by atoms with van der Waals surface area (Å²) in [6, 6.07) is 9.72. The first-order valence-corrected chi connectivity index (χ1v) is 5.38. The number of aromatic nitrogens is 1. The number of hydrogen-bond acceptors (Lipinski definition) is 2. The van der Waals surface area contributed by atoms with E-state index in [4.69, 9.17) is 4.52 Å². The first-order chi connectivity index (χ1) is 7.18. The topological polar surface area (TPSA) is 35.1 Å². The molecule has 1 heterocycles. The fourth-order valence-electron chi connectivity index (χ4n) is 1.36. The highest BCUT2D eigenvalue weighted by Crippen LogP contribution is 2.11. The van der Waals surface area contributed by atoms with Crippen molar-refractivity contribution in [3.8, 4) is 0 Å². The fourth-order valence-corrected chi connectivity index (χ4v) is 1.63.